The summed E-state index contributed by atoms with van der Waals surface area (Å²) in [6, 6.07) is 7.38. The summed E-state index contributed by atoms with van der Waals surface area (Å²) in [5.74, 6) is 1.31. The zero-order valence-electron chi connectivity index (χ0n) is 14.7. The molecular formula is C19H18N4O3. The smallest absolute Gasteiger partial charge is 0.332 e. The third-order valence-electron chi connectivity index (χ3n) is 4.30. The minimum Gasteiger partial charge on any atom is -0.496 e. The van der Waals surface area contributed by atoms with Crippen LogP contribution in [-0.4, -0.2) is 33.2 Å². The molecule has 0 saturated carbocycles. The standard InChI is InChI=1S/C19H18N4O3/c1-4-26-15-6-8-21-18-17(15)23(19(24)22-18)12-9-11(2)16-13(10-12)14(25-3)5-7-20-16/h5-10H,4H2,1-3H3,(H,21,22,24). The normalized spacial score (nSPS) is 11.2. The molecule has 0 spiro atoms. The van der Waals surface area contributed by atoms with E-state index in [1.165, 1.54) is 0 Å². The molecule has 1 aromatic carbocycles. The van der Waals surface area contributed by atoms with Gasteiger partial charge in [-0.25, -0.2) is 9.78 Å². The molecule has 132 valence electrons. The van der Waals surface area contributed by atoms with Gasteiger partial charge in [0.2, 0.25) is 0 Å². The first-order chi connectivity index (χ1) is 12.6. The number of aromatic nitrogens is 4. The quantitative estimate of drug-likeness (QED) is 0.612. The molecule has 7 heteroatoms. The third kappa shape index (κ3) is 2.40. The molecule has 1 N–H and O–H groups in total. The number of ether oxygens (including phenoxy) is 2. The second-order valence-corrected chi connectivity index (χ2v) is 5.88. The van der Waals surface area contributed by atoms with Gasteiger partial charge in [0.1, 0.15) is 17.0 Å². The lowest BCUT2D eigenvalue weighted by molar-refractivity contribution is 0.343. The van der Waals surface area contributed by atoms with Crippen molar-refractivity contribution < 1.29 is 9.47 Å². The second kappa shape index (κ2) is 6.18. The van der Waals surface area contributed by atoms with E-state index in [1.54, 1.807) is 36.2 Å². The molecule has 0 saturated heterocycles. The molecule has 0 unspecified atom stereocenters. The predicted molar refractivity (Wildman–Crippen MR) is 99.4 cm³/mol. The van der Waals surface area contributed by atoms with E-state index in [4.69, 9.17) is 9.47 Å². The molecule has 0 atom stereocenters. The second-order valence-electron chi connectivity index (χ2n) is 5.88. The minimum atomic E-state index is -0.277. The van der Waals surface area contributed by atoms with E-state index in [-0.39, 0.29) is 5.69 Å². The Labute approximate surface area is 149 Å². The highest BCUT2D eigenvalue weighted by molar-refractivity contribution is 5.90. The number of methoxy groups -OCH3 is 1. The maximum Gasteiger partial charge on any atom is 0.332 e. The Bertz CT molecular complexity index is 1180. The van der Waals surface area contributed by atoms with Crippen molar-refractivity contribution in [2.45, 2.75) is 13.8 Å². The molecule has 4 rings (SSSR count). The number of rotatable bonds is 4. The van der Waals surface area contributed by atoms with E-state index >= 15 is 0 Å². The summed E-state index contributed by atoms with van der Waals surface area (Å²) in [5, 5.41) is 0.841. The maximum atomic E-state index is 12.7. The van der Waals surface area contributed by atoms with Gasteiger partial charge in [-0.15, -0.1) is 0 Å². The molecule has 7 nitrogen and oxygen atoms in total. The van der Waals surface area contributed by atoms with Crippen LogP contribution in [0.1, 0.15) is 12.5 Å². The van der Waals surface area contributed by atoms with E-state index in [0.717, 1.165) is 16.5 Å². The van der Waals surface area contributed by atoms with Crippen LogP contribution in [0.3, 0.4) is 0 Å². The van der Waals surface area contributed by atoms with Crippen LogP contribution < -0.4 is 15.2 Å². The Morgan fingerprint density at radius 2 is 1.92 bits per heavy atom. The topological polar surface area (TPSA) is 82.0 Å². The fourth-order valence-electron chi connectivity index (χ4n) is 3.22. The average Bonchev–Trinajstić information content (AvgIpc) is 2.98. The molecule has 0 radical (unpaired) electrons. The monoisotopic (exact) mass is 350 g/mol. The lowest BCUT2D eigenvalue weighted by Gasteiger charge is -2.12. The highest BCUT2D eigenvalue weighted by Crippen LogP contribution is 2.31. The van der Waals surface area contributed by atoms with E-state index in [0.29, 0.717) is 35.0 Å². The number of H-pyrrole nitrogens is 1. The highest BCUT2D eigenvalue weighted by Gasteiger charge is 2.16. The molecule has 0 aliphatic carbocycles. The number of hydrogen-bond acceptors (Lipinski definition) is 5. The van der Waals surface area contributed by atoms with Crippen molar-refractivity contribution in [2.75, 3.05) is 13.7 Å². The summed E-state index contributed by atoms with van der Waals surface area (Å²) < 4.78 is 12.7. The van der Waals surface area contributed by atoms with Crippen molar-refractivity contribution in [1.82, 2.24) is 19.5 Å². The van der Waals surface area contributed by atoms with Crippen molar-refractivity contribution >= 4 is 22.1 Å². The molecule has 4 aromatic rings. The SMILES string of the molecule is CCOc1ccnc2[nH]c(=O)n(-c3cc(C)c4nccc(OC)c4c3)c12. The number of imidazole rings is 1. The first kappa shape index (κ1) is 16.1. The van der Waals surface area contributed by atoms with Gasteiger partial charge in [-0.3, -0.25) is 14.5 Å². The molecule has 3 aromatic heterocycles. The number of aromatic amines is 1. The summed E-state index contributed by atoms with van der Waals surface area (Å²) in [7, 11) is 1.62. The van der Waals surface area contributed by atoms with Crippen molar-refractivity contribution in [3.63, 3.8) is 0 Å². The lowest BCUT2D eigenvalue weighted by atomic mass is 10.1. The molecule has 0 aliphatic heterocycles. The van der Waals surface area contributed by atoms with Crippen LogP contribution in [-0.2, 0) is 0 Å². The molecule has 26 heavy (non-hydrogen) atoms. The Balaban J connectivity index is 2.07. The summed E-state index contributed by atoms with van der Waals surface area (Å²) >= 11 is 0. The van der Waals surface area contributed by atoms with E-state index in [2.05, 4.69) is 15.0 Å². The van der Waals surface area contributed by atoms with Crippen LogP contribution in [0.15, 0.2) is 41.5 Å². The van der Waals surface area contributed by atoms with E-state index < -0.39 is 0 Å². The van der Waals surface area contributed by atoms with Gasteiger partial charge in [0, 0.05) is 23.8 Å². The van der Waals surface area contributed by atoms with Gasteiger partial charge in [0.25, 0.3) is 0 Å². The van der Waals surface area contributed by atoms with Gasteiger partial charge < -0.3 is 9.47 Å². The maximum absolute atomic E-state index is 12.7. The largest absolute Gasteiger partial charge is 0.496 e. The van der Waals surface area contributed by atoms with Gasteiger partial charge >= 0.3 is 5.69 Å². The Morgan fingerprint density at radius 3 is 2.69 bits per heavy atom. The summed E-state index contributed by atoms with van der Waals surface area (Å²) in [6.45, 7) is 4.35. The number of nitrogens with zero attached hydrogens (tertiary/aromatic N) is 3. The molecular weight excluding hydrogens is 332 g/mol. The number of fused-ring (bicyclic) bond motifs is 2. The zero-order chi connectivity index (χ0) is 18.3. The molecule has 0 fully saturated rings. The zero-order valence-corrected chi connectivity index (χ0v) is 14.7. The fourth-order valence-corrected chi connectivity index (χ4v) is 3.22. The van der Waals surface area contributed by atoms with Crippen LogP contribution in [0.5, 0.6) is 11.5 Å². The number of hydrogen-bond donors (Lipinski definition) is 1. The van der Waals surface area contributed by atoms with Gasteiger partial charge in [0.15, 0.2) is 5.65 Å². The average molecular weight is 350 g/mol. The molecule has 3 heterocycles. The molecule has 0 aliphatic rings. The summed E-state index contributed by atoms with van der Waals surface area (Å²) in [5.41, 5.74) is 3.30. The Hall–Kier alpha value is -3.35. The third-order valence-corrected chi connectivity index (χ3v) is 4.30. The van der Waals surface area contributed by atoms with Crippen molar-refractivity contribution in [2.24, 2.45) is 0 Å². The van der Waals surface area contributed by atoms with Gasteiger partial charge in [-0.2, -0.15) is 0 Å². The lowest BCUT2D eigenvalue weighted by Crippen LogP contribution is -2.15. The van der Waals surface area contributed by atoms with Gasteiger partial charge in [-0.1, -0.05) is 0 Å². The predicted octanol–water partition coefficient (Wildman–Crippen LogP) is 2.98. The first-order valence-electron chi connectivity index (χ1n) is 8.30. The molecule has 0 bridgehead atoms. The first-order valence-corrected chi connectivity index (χ1v) is 8.30. The minimum absolute atomic E-state index is 0.277. The van der Waals surface area contributed by atoms with Crippen LogP contribution >= 0.6 is 0 Å². The molecule has 0 amide bonds. The van der Waals surface area contributed by atoms with Crippen molar-refractivity contribution in [3.05, 3.63) is 52.7 Å². The Kier molecular flexibility index (Phi) is 3.84. The highest BCUT2D eigenvalue weighted by atomic mass is 16.5. The van der Waals surface area contributed by atoms with E-state index in [9.17, 15) is 4.79 Å². The van der Waals surface area contributed by atoms with Crippen LogP contribution in [0.4, 0.5) is 0 Å². The van der Waals surface area contributed by atoms with E-state index in [1.807, 2.05) is 26.0 Å². The van der Waals surface area contributed by atoms with Crippen LogP contribution in [0.2, 0.25) is 0 Å². The van der Waals surface area contributed by atoms with Gasteiger partial charge in [-0.05, 0) is 37.6 Å². The number of nitrogens with one attached hydrogen (secondary N) is 1. The fraction of sp³-hybridized carbons (Fsp3) is 0.211. The number of aryl methyl sites for hydroxylation is 1. The van der Waals surface area contributed by atoms with Crippen LogP contribution in [0, 0.1) is 6.92 Å². The Morgan fingerprint density at radius 1 is 1.15 bits per heavy atom. The number of benzene rings is 1. The summed E-state index contributed by atoms with van der Waals surface area (Å²) in [4.78, 5) is 24.1. The number of pyridine rings is 2. The summed E-state index contributed by atoms with van der Waals surface area (Å²) in [6.07, 6.45) is 3.33. The van der Waals surface area contributed by atoms with Crippen LogP contribution in [0.25, 0.3) is 27.8 Å². The van der Waals surface area contributed by atoms with Crippen molar-refractivity contribution in [1.29, 1.82) is 0 Å². The van der Waals surface area contributed by atoms with Gasteiger partial charge in [0.05, 0.1) is 24.9 Å². The van der Waals surface area contributed by atoms with Crippen molar-refractivity contribution in [3.8, 4) is 17.2 Å².